The number of fused-ring (bicyclic) bond motifs is 2. The predicted molar refractivity (Wildman–Crippen MR) is 108 cm³/mol. The Labute approximate surface area is 167 Å². The second-order valence-corrected chi connectivity index (χ2v) is 8.32. The van der Waals surface area contributed by atoms with E-state index >= 15 is 0 Å². The number of benzene rings is 3. The lowest BCUT2D eigenvalue weighted by molar-refractivity contribution is 0.0993. The highest BCUT2D eigenvalue weighted by molar-refractivity contribution is 7.92. The number of carbonyl (C=O) groups is 1. The van der Waals surface area contributed by atoms with Gasteiger partial charge in [-0.2, -0.15) is 0 Å². The summed E-state index contributed by atoms with van der Waals surface area (Å²) in [5.41, 5.74) is 1.15. The highest BCUT2D eigenvalue weighted by Crippen LogP contribution is 2.39. The van der Waals surface area contributed by atoms with Crippen LogP contribution < -0.4 is 14.4 Å². The zero-order valence-electron chi connectivity index (χ0n) is 14.7. The standard InChI is InChI=1S/C20H15ClN2O4S/c1-23-17-4-2-3-5-19(17)27-18-11-8-14(12-16(18)20(23)24)22-28(25,26)15-9-6-13(21)7-10-15/h2-12,22H,1H3. The number of halogens is 1. The molecule has 0 saturated heterocycles. The molecule has 0 spiro atoms. The Balaban J connectivity index is 1.70. The number of nitrogens with one attached hydrogen (secondary N) is 1. The minimum absolute atomic E-state index is 0.0685. The summed E-state index contributed by atoms with van der Waals surface area (Å²) in [6.07, 6.45) is 0. The lowest BCUT2D eigenvalue weighted by Gasteiger charge is -2.16. The van der Waals surface area contributed by atoms with E-state index in [1.807, 2.05) is 12.1 Å². The van der Waals surface area contributed by atoms with Gasteiger partial charge in [0.2, 0.25) is 0 Å². The number of sulfonamides is 1. The van der Waals surface area contributed by atoms with Gasteiger partial charge in [-0.15, -0.1) is 0 Å². The second kappa shape index (κ2) is 6.85. The molecule has 0 fully saturated rings. The maximum Gasteiger partial charge on any atom is 0.261 e. The number of hydrogen-bond donors (Lipinski definition) is 1. The number of rotatable bonds is 3. The molecule has 0 aromatic heterocycles. The van der Waals surface area contributed by atoms with E-state index in [1.165, 1.54) is 35.2 Å². The summed E-state index contributed by atoms with van der Waals surface area (Å²) in [5.74, 6) is 0.607. The predicted octanol–water partition coefficient (Wildman–Crippen LogP) is 4.52. The third kappa shape index (κ3) is 3.30. The molecular formula is C20H15ClN2O4S. The smallest absolute Gasteiger partial charge is 0.261 e. The first-order valence-electron chi connectivity index (χ1n) is 8.32. The second-order valence-electron chi connectivity index (χ2n) is 6.20. The third-order valence-corrected chi connectivity index (χ3v) is 5.99. The van der Waals surface area contributed by atoms with Gasteiger partial charge in [0, 0.05) is 17.8 Å². The SMILES string of the molecule is CN1C(=O)c2cc(NS(=O)(=O)c3ccc(Cl)cc3)ccc2Oc2ccccc21. The molecule has 142 valence electrons. The lowest BCUT2D eigenvalue weighted by Crippen LogP contribution is -2.25. The Hall–Kier alpha value is -3.03. The molecule has 28 heavy (non-hydrogen) atoms. The number of hydrogen-bond acceptors (Lipinski definition) is 4. The molecule has 4 rings (SSSR count). The van der Waals surface area contributed by atoms with Gasteiger partial charge in [-0.3, -0.25) is 9.52 Å². The Morgan fingerprint density at radius 1 is 0.964 bits per heavy atom. The van der Waals surface area contributed by atoms with Crippen LogP contribution >= 0.6 is 11.6 Å². The van der Waals surface area contributed by atoms with Crippen molar-refractivity contribution >= 4 is 38.9 Å². The van der Waals surface area contributed by atoms with Crippen LogP contribution in [0.1, 0.15) is 10.4 Å². The number of ether oxygens (including phenoxy) is 1. The molecule has 0 atom stereocenters. The Kier molecular flexibility index (Phi) is 4.49. The van der Waals surface area contributed by atoms with Crippen LogP contribution in [0.5, 0.6) is 11.5 Å². The van der Waals surface area contributed by atoms with E-state index in [0.29, 0.717) is 22.2 Å². The fraction of sp³-hybridized carbons (Fsp3) is 0.0500. The van der Waals surface area contributed by atoms with Crippen LogP contribution in [0.15, 0.2) is 71.6 Å². The number of para-hydroxylation sites is 2. The Bertz CT molecular complexity index is 1180. The molecule has 0 radical (unpaired) electrons. The van der Waals surface area contributed by atoms with Gasteiger partial charge in [-0.25, -0.2) is 8.42 Å². The van der Waals surface area contributed by atoms with Crippen LogP contribution in [0, 0.1) is 0 Å². The summed E-state index contributed by atoms with van der Waals surface area (Å²) in [7, 11) is -2.18. The quantitative estimate of drug-likeness (QED) is 0.683. The molecule has 1 N–H and O–H groups in total. The Morgan fingerprint density at radius 2 is 1.68 bits per heavy atom. The van der Waals surface area contributed by atoms with Crippen molar-refractivity contribution in [3.8, 4) is 11.5 Å². The van der Waals surface area contributed by atoms with E-state index < -0.39 is 10.0 Å². The molecule has 0 aliphatic carbocycles. The molecule has 1 amide bonds. The number of amides is 1. The van der Waals surface area contributed by atoms with Crippen LogP contribution in [0.3, 0.4) is 0 Å². The molecule has 8 heteroatoms. The van der Waals surface area contributed by atoms with E-state index in [-0.39, 0.29) is 22.1 Å². The van der Waals surface area contributed by atoms with Crippen LogP contribution in [0.25, 0.3) is 0 Å². The molecular weight excluding hydrogens is 400 g/mol. The largest absolute Gasteiger partial charge is 0.454 e. The normalized spacial score (nSPS) is 13.2. The highest BCUT2D eigenvalue weighted by Gasteiger charge is 2.26. The zero-order valence-corrected chi connectivity index (χ0v) is 16.3. The lowest BCUT2D eigenvalue weighted by atomic mass is 10.1. The van der Waals surface area contributed by atoms with Crippen LogP contribution in [-0.4, -0.2) is 21.4 Å². The van der Waals surface area contributed by atoms with Crippen molar-refractivity contribution in [2.24, 2.45) is 0 Å². The van der Waals surface area contributed by atoms with Gasteiger partial charge >= 0.3 is 0 Å². The minimum Gasteiger partial charge on any atom is -0.454 e. The van der Waals surface area contributed by atoms with Gasteiger partial charge in [0.25, 0.3) is 15.9 Å². The van der Waals surface area contributed by atoms with E-state index in [4.69, 9.17) is 16.3 Å². The first-order chi connectivity index (χ1) is 13.3. The van der Waals surface area contributed by atoms with E-state index in [1.54, 1.807) is 31.3 Å². The Morgan fingerprint density at radius 3 is 2.43 bits per heavy atom. The van der Waals surface area contributed by atoms with E-state index in [9.17, 15) is 13.2 Å². The van der Waals surface area contributed by atoms with Crippen LogP contribution in [0.4, 0.5) is 11.4 Å². The summed E-state index contributed by atoms with van der Waals surface area (Å²) in [4.78, 5) is 14.4. The topological polar surface area (TPSA) is 75.7 Å². The first-order valence-corrected chi connectivity index (χ1v) is 10.2. The van der Waals surface area contributed by atoms with Gasteiger partial charge in [0.1, 0.15) is 5.75 Å². The maximum atomic E-state index is 12.9. The fourth-order valence-electron chi connectivity index (χ4n) is 2.91. The van der Waals surface area contributed by atoms with Crippen LogP contribution in [-0.2, 0) is 10.0 Å². The summed E-state index contributed by atoms with van der Waals surface area (Å²) >= 11 is 5.81. The number of anilines is 2. The van der Waals surface area contributed by atoms with E-state index in [0.717, 1.165) is 0 Å². The van der Waals surface area contributed by atoms with Crippen molar-refractivity contribution in [1.82, 2.24) is 0 Å². The first kappa shape index (κ1) is 18.3. The van der Waals surface area contributed by atoms with Crippen molar-refractivity contribution in [3.05, 3.63) is 77.3 Å². The zero-order chi connectivity index (χ0) is 19.9. The average Bonchev–Trinajstić information content (AvgIpc) is 2.78. The molecule has 1 aliphatic rings. The van der Waals surface area contributed by atoms with Crippen molar-refractivity contribution in [3.63, 3.8) is 0 Å². The summed E-state index contributed by atoms with van der Waals surface area (Å²) in [5, 5.41) is 0.439. The summed E-state index contributed by atoms with van der Waals surface area (Å²) in [6.45, 7) is 0. The van der Waals surface area contributed by atoms with Crippen molar-refractivity contribution in [2.45, 2.75) is 4.90 Å². The minimum atomic E-state index is -3.82. The van der Waals surface area contributed by atoms with Gasteiger partial charge in [-0.05, 0) is 54.6 Å². The number of nitrogens with zero attached hydrogens (tertiary/aromatic N) is 1. The van der Waals surface area contributed by atoms with Gasteiger partial charge < -0.3 is 9.64 Å². The molecule has 1 aliphatic heterocycles. The monoisotopic (exact) mass is 414 g/mol. The van der Waals surface area contributed by atoms with Crippen LogP contribution in [0.2, 0.25) is 5.02 Å². The summed E-state index contributed by atoms with van der Waals surface area (Å²) < 4.78 is 33.5. The highest BCUT2D eigenvalue weighted by atomic mass is 35.5. The maximum absolute atomic E-state index is 12.9. The molecule has 0 saturated carbocycles. The molecule has 3 aromatic rings. The average molecular weight is 415 g/mol. The van der Waals surface area contributed by atoms with E-state index in [2.05, 4.69) is 4.72 Å². The van der Waals surface area contributed by atoms with Gasteiger partial charge in [0.15, 0.2) is 5.75 Å². The fourth-order valence-corrected chi connectivity index (χ4v) is 4.08. The molecule has 6 nitrogen and oxygen atoms in total. The van der Waals surface area contributed by atoms with Gasteiger partial charge in [-0.1, -0.05) is 23.7 Å². The van der Waals surface area contributed by atoms with Crippen molar-refractivity contribution in [2.75, 3.05) is 16.7 Å². The molecule has 0 unspecified atom stereocenters. The van der Waals surface area contributed by atoms with Crippen molar-refractivity contribution < 1.29 is 17.9 Å². The number of carbonyl (C=O) groups excluding carboxylic acids is 1. The molecule has 3 aromatic carbocycles. The molecule has 1 heterocycles. The third-order valence-electron chi connectivity index (χ3n) is 4.34. The van der Waals surface area contributed by atoms with Gasteiger partial charge in [0.05, 0.1) is 16.1 Å². The van der Waals surface area contributed by atoms with Crippen molar-refractivity contribution in [1.29, 1.82) is 0 Å². The summed E-state index contributed by atoms with van der Waals surface area (Å²) in [6, 6.07) is 17.6. The molecule has 0 bridgehead atoms.